The molecule has 108 valence electrons. The van der Waals surface area contributed by atoms with Crippen molar-refractivity contribution in [1.82, 2.24) is 0 Å². The zero-order chi connectivity index (χ0) is 14.8. The summed E-state index contributed by atoms with van der Waals surface area (Å²) in [7, 11) is 2.04. The topological polar surface area (TPSA) is 49.6 Å². The number of para-hydroxylation sites is 2. The van der Waals surface area contributed by atoms with Gasteiger partial charge in [0.25, 0.3) is 0 Å². The molecule has 0 saturated carbocycles. The molecule has 1 aliphatic rings. The van der Waals surface area contributed by atoms with E-state index in [9.17, 15) is 4.79 Å². The van der Waals surface area contributed by atoms with E-state index in [0.29, 0.717) is 6.54 Å². The SMILES string of the molecule is CN1CCN(C(=O)C(N)c2ccccc2)c2ccccc21. The largest absolute Gasteiger partial charge is 0.371 e. The van der Waals surface area contributed by atoms with E-state index in [1.165, 1.54) is 0 Å². The van der Waals surface area contributed by atoms with Crippen LogP contribution in [0.4, 0.5) is 11.4 Å². The Labute approximate surface area is 124 Å². The van der Waals surface area contributed by atoms with Crippen LogP contribution in [0.3, 0.4) is 0 Å². The molecule has 2 N–H and O–H groups in total. The number of carbonyl (C=O) groups excluding carboxylic acids is 1. The highest BCUT2D eigenvalue weighted by molar-refractivity contribution is 6.01. The van der Waals surface area contributed by atoms with Crippen LogP contribution in [0.25, 0.3) is 0 Å². The van der Waals surface area contributed by atoms with Crippen LogP contribution in [0.15, 0.2) is 54.6 Å². The number of fused-ring (bicyclic) bond motifs is 1. The van der Waals surface area contributed by atoms with Gasteiger partial charge in [-0.1, -0.05) is 42.5 Å². The monoisotopic (exact) mass is 281 g/mol. The minimum atomic E-state index is -0.623. The maximum Gasteiger partial charge on any atom is 0.248 e. The molecular weight excluding hydrogens is 262 g/mol. The fraction of sp³-hybridized carbons (Fsp3) is 0.235. The van der Waals surface area contributed by atoms with Crippen molar-refractivity contribution in [2.24, 2.45) is 5.73 Å². The Morgan fingerprint density at radius 2 is 1.62 bits per heavy atom. The van der Waals surface area contributed by atoms with Crippen molar-refractivity contribution in [3.63, 3.8) is 0 Å². The molecule has 0 aromatic heterocycles. The molecule has 0 spiro atoms. The van der Waals surface area contributed by atoms with E-state index < -0.39 is 6.04 Å². The van der Waals surface area contributed by atoms with Gasteiger partial charge in [-0.15, -0.1) is 0 Å². The Morgan fingerprint density at radius 1 is 1.00 bits per heavy atom. The lowest BCUT2D eigenvalue weighted by Crippen LogP contribution is -2.46. The summed E-state index contributed by atoms with van der Waals surface area (Å²) in [6.45, 7) is 1.47. The van der Waals surface area contributed by atoms with Gasteiger partial charge in [0, 0.05) is 20.1 Å². The van der Waals surface area contributed by atoms with E-state index in [1.807, 2.05) is 61.6 Å². The number of hydrogen-bond acceptors (Lipinski definition) is 3. The van der Waals surface area contributed by atoms with Gasteiger partial charge < -0.3 is 15.5 Å². The van der Waals surface area contributed by atoms with E-state index >= 15 is 0 Å². The number of benzene rings is 2. The number of rotatable bonds is 2. The van der Waals surface area contributed by atoms with Gasteiger partial charge in [-0.05, 0) is 17.7 Å². The number of hydrogen-bond donors (Lipinski definition) is 1. The zero-order valence-electron chi connectivity index (χ0n) is 12.1. The minimum Gasteiger partial charge on any atom is -0.371 e. The molecule has 1 heterocycles. The van der Waals surface area contributed by atoms with Gasteiger partial charge in [-0.3, -0.25) is 4.79 Å². The summed E-state index contributed by atoms with van der Waals surface area (Å²) in [5.41, 5.74) is 9.00. The van der Waals surface area contributed by atoms with Crippen LogP contribution in [0.2, 0.25) is 0 Å². The second-order valence-corrected chi connectivity index (χ2v) is 5.29. The lowest BCUT2D eigenvalue weighted by atomic mass is 10.1. The summed E-state index contributed by atoms with van der Waals surface area (Å²) in [5.74, 6) is -0.0539. The quantitative estimate of drug-likeness (QED) is 0.918. The summed E-state index contributed by atoms with van der Waals surface area (Å²) < 4.78 is 0. The van der Waals surface area contributed by atoms with Crippen LogP contribution in [-0.2, 0) is 4.79 Å². The number of nitrogens with zero attached hydrogens (tertiary/aromatic N) is 2. The van der Waals surface area contributed by atoms with Gasteiger partial charge in [0.15, 0.2) is 0 Å². The van der Waals surface area contributed by atoms with Crippen molar-refractivity contribution in [1.29, 1.82) is 0 Å². The van der Waals surface area contributed by atoms with Gasteiger partial charge >= 0.3 is 0 Å². The highest BCUT2D eigenvalue weighted by Gasteiger charge is 2.28. The molecule has 1 atom stereocenters. The molecule has 3 rings (SSSR count). The van der Waals surface area contributed by atoms with Crippen LogP contribution >= 0.6 is 0 Å². The van der Waals surface area contributed by atoms with Gasteiger partial charge in [-0.2, -0.15) is 0 Å². The van der Waals surface area contributed by atoms with Crippen LogP contribution in [0.5, 0.6) is 0 Å². The lowest BCUT2D eigenvalue weighted by molar-refractivity contribution is -0.120. The first-order valence-corrected chi connectivity index (χ1v) is 7.10. The van der Waals surface area contributed by atoms with E-state index in [1.54, 1.807) is 4.90 Å². The minimum absolute atomic E-state index is 0.0539. The number of anilines is 2. The molecule has 1 unspecified atom stereocenters. The number of likely N-dealkylation sites (N-methyl/N-ethyl adjacent to an activating group) is 1. The van der Waals surface area contributed by atoms with E-state index in [2.05, 4.69) is 4.90 Å². The molecule has 4 nitrogen and oxygen atoms in total. The number of carbonyl (C=O) groups is 1. The predicted molar refractivity (Wildman–Crippen MR) is 85.4 cm³/mol. The van der Waals surface area contributed by atoms with Crippen molar-refractivity contribution in [2.75, 3.05) is 29.9 Å². The molecule has 0 saturated heterocycles. The molecule has 1 aliphatic heterocycles. The first-order valence-electron chi connectivity index (χ1n) is 7.10. The molecule has 0 bridgehead atoms. The Bertz CT molecular complexity index is 641. The fourth-order valence-electron chi connectivity index (χ4n) is 2.71. The Balaban J connectivity index is 1.91. The third-order valence-corrected chi connectivity index (χ3v) is 3.93. The number of nitrogens with two attached hydrogens (primary N) is 1. The number of amides is 1. The van der Waals surface area contributed by atoms with Crippen molar-refractivity contribution in [3.05, 3.63) is 60.2 Å². The molecular formula is C17H19N3O. The second kappa shape index (κ2) is 5.58. The average Bonchev–Trinajstić information content (AvgIpc) is 2.55. The summed E-state index contributed by atoms with van der Waals surface area (Å²) in [6, 6.07) is 16.8. The third kappa shape index (κ3) is 2.50. The van der Waals surface area contributed by atoms with Crippen LogP contribution in [-0.4, -0.2) is 26.0 Å². The van der Waals surface area contributed by atoms with Crippen molar-refractivity contribution >= 4 is 17.3 Å². The average molecular weight is 281 g/mol. The molecule has 2 aromatic carbocycles. The van der Waals surface area contributed by atoms with Crippen LogP contribution < -0.4 is 15.5 Å². The standard InChI is InChI=1S/C17H19N3O/c1-19-11-12-20(15-10-6-5-9-14(15)19)17(21)16(18)13-7-3-2-4-8-13/h2-10,16H,11-12,18H2,1H3. The Morgan fingerprint density at radius 3 is 2.33 bits per heavy atom. The van der Waals surface area contributed by atoms with Crippen molar-refractivity contribution < 1.29 is 4.79 Å². The smallest absolute Gasteiger partial charge is 0.248 e. The maximum atomic E-state index is 12.8. The van der Waals surface area contributed by atoms with Crippen molar-refractivity contribution in [3.8, 4) is 0 Å². The summed E-state index contributed by atoms with van der Waals surface area (Å²) in [5, 5.41) is 0. The zero-order valence-corrected chi connectivity index (χ0v) is 12.1. The molecule has 1 amide bonds. The summed E-state index contributed by atoms with van der Waals surface area (Å²) >= 11 is 0. The molecule has 0 fully saturated rings. The van der Waals surface area contributed by atoms with Crippen molar-refractivity contribution in [2.45, 2.75) is 6.04 Å². The summed E-state index contributed by atoms with van der Waals surface area (Å²) in [6.07, 6.45) is 0. The predicted octanol–water partition coefficient (Wildman–Crippen LogP) is 2.17. The molecule has 0 radical (unpaired) electrons. The molecule has 2 aromatic rings. The highest BCUT2D eigenvalue weighted by Crippen LogP contribution is 2.33. The third-order valence-electron chi connectivity index (χ3n) is 3.93. The van der Waals surface area contributed by atoms with Gasteiger partial charge in [0.2, 0.25) is 5.91 Å². The molecule has 21 heavy (non-hydrogen) atoms. The molecule has 0 aliphatic carbocycles. The van der Waals surface area contributed by atoms with Crippen LogP contribution in [0, 0.1) is 0 Å². The first-order chi connectivity index (χ1) is 10.2. The van der Waals surface area contributed by atoms with Crippen LogP contribution in [0.1, 0.15) is 11.6 Å². The van der Waals surface area contributed by atoms with E-state index in [-0.39, 0.29) is 5.91 Å². The van der Waals surface area contributed by atoms with Gasteiger partial charge in [0.1, 0.15) is 6.04 Å². The molecule has 4 heteroatoms. The summed E-state index contributed by atoms with van der Waals surface area (Å²) in [4.78, 5) is 16.7. The van der Waals surface area contributed by atoms with E-state index in [0.717, 1.165) is 23.5 Å². The van der Waals surface area contributed by atoms with Gasteiger partial charge in [-0.25, -0.2) is 0 Å². The first kappa shape index (κ1) is 13.6. The highest BCUT2D eigenvalue weighted by atomic mass is 16.2. The van der Waals surface area contributed by atoms with E-state index in [4.69, 9.17) is 5.73 Å². The fourth-order valence-corrected chi connectivity index (χ4v) is 2.71. The Kier molecular flexibility index (Phi) is 3.62. The lowest BCUT2D eigenvalue weighted by Gasteiger charge is -2.36. The maximum absolute atomic E-state index is 12.8. The second-order valence-electron chi connectivity index (χ2n) is 5.29. The van der Waals surface area contributed by atoms with Gasteiger partial charge in [0.05, 0.1) is 11.4 Å². The normalized spacial score (nSPS) is 15.5. The Hall–Kier alpha value is -2.33.